The number of piperidine rings is 1. The van der Waals surface area contributed by atoms with Crippen LogP contribution < -0.4 is 5.73 Å². The van der Waals surface area contributed by atoms with Gasteiger partial charge in [-0.05, 0) is 62.1 Å². The smallest absolute Gasteiger partial charge is 0.00502 e. The van der Waals surface area contributed by atoms with Gasteiger partial charge in [-0.2, -0.15) is 0 Å². The number of rotatable bonds is 3. The van der Waals surface area contributed by atoms with Crippen molar-refractivity contribution in [1.82, 2.24) is 4.90 Å². The van der Waals surface area contributed by atoms with Gasteiger partial charge in [0.2, 0.25) is 0 Å². The first-order valence-electron chi connectivity index (χ1n) is 7.87. The van der Waals surface area contributed by atoms with Crippen molar-refractivity contribution in [1.29, 1.82) is 0 Å². The van der Waals surface area contributed by atoms with Crippen LogP contribution >= 0.6 is 0 Å². The Morgan fingerprint density at radius 3 is 2.39 bits per heavy atom. The second-order valence-electron chi connectivity index (χ2n) is 7.85. The van der Waals surface area contributed by atoms with Gasteiger partial charge in [-0.1, -0.05) is 33.6 Å². The Labute approximate surface area is 113 Å². The van der Waals surface area contributed by atoms with E-state index in [0.717, 1.165) is 12.5 Å². The molecule has 2 heteroatoms. The van der Waals surface area contributed by atoms with Crippen LogP contribution in [-0.4, -0.2) is 31.1 Å². The first-order chi connectivity index (χ1) is 8.45. The molecule has 1 saturated heterocycles. The molecule has 1 heterocycles. The van der Waals surface area contributed by atoms with Gasteiger partial charge in [0.25, 0.3) is 0 Å². The van der Waals surface area contributed by atoms with E-state index in [1.165, 1.54) is 58.2 Å². The molecule has 2 nitrogen and oxygen atoms in total. The Balaban J connectivity index is 1.90. The molecular weight excluding hydrogens is 220 g/mol. The lowest BCUT2D eigenvalue weighted by molar-refractivity contribution is 0.0521. The van der Waals surface area contributed by atoms with Crippen molar-refractivity contribution in [3.05, 3.63) is 0 Å². The molecule has 0 amide bonds. The average molecular weight is 252 g/mol. The Bertz CT molecular complexity index is 264. The summed E-state index contributed by atoms with van der Waals surface area (Å²) in [5.41, 5.74) is 7.14. The van der Waals surface area contributed by atoms with Crippen LogP contribution in [0.3, 0.4) is 0 Å². The highest BCUT2D eigenvalue weighted by Crippen LogP contribution is 2.40. The first kappa shape index (κ1) is 14.3. The standard InChI is InChI=1S/C16H32N2/c1-14-5-4-6-16(11-14,12-17)13-18-9-7-15(2,3)8-10-18/h14H,4-13,17H2,1-3H3. The third-order valence-electron chi connectivity index (χ3n) is 5.39. The van der Waals surface area contributed by atoms with Crippen LogP contribution in [0.1, 0.15) is 59.3 Å². The molecule has 2 rings (SSSR count). The van der Waals surface area contributed by atoms with E-state index in [1.807, 2.05) is 0 Å². The minimum absolute atomic E-state index is 0.430. The van der Waals surface area contributed by atoms with Crippen LogP contribution in [0.4, 0.5) is 0 Å². The number of nitrogens with two attached hydrogens (primary N) is 1. The summed E-state index contributed by atoms with van der Waals surface area (Å²) >= 11 is 0. The zero-order valence-corrected chi connectivity index (χ0v) is 12.7. The van der Waals surface area contributed by atoms with Gasteiger partial charge in [0.15, 0.2) is 0 Å². The highest BCUT2D eigenvalue weighted by molar-refractivity contribution is 4.90. The van der Waals surface area contributed by atoms with Crippen LogP contribution in [0.5, 0.6) is 0 Å². The zero-order chi connectivity index (χ0) is 13.2. The average Bonchev–Trinajstić information content (AvgIpc) is 2.32. The monoisotopic (exact) mass is 252 g/mol. The van der Waals surface area contributed by atoms with Crippen molar-refractivity contribution < 1.29 is 0 Å². The number of hydrogen-bond donors (Lipinski definition) is 1. The van der Waals surface area contributed by atoms with Crippen LogP contribution in [0.25, 0.3) is 0 Å². The Morgan fingerprint density at radius 2 is 1.83 bits per heavy atom. The lowest BCUT2D eigenvalue weighted by Gasteiger charge is -2.45. The molecule has 2 fully saturated rings. The summed E-state index contributed by atoms with van der Waals surface area (Å²) in [6, 6.07) is 0. The van der Waals surface area contributed by atoms with E-state index in [2.05, 4.69) is 25.7 Å². The molecule has 18 heavy (non-hydrogen) atoms. The molecule has 1 aliphatic heterocycles. The molecule has 0 aromatic heterocycles. The highest BCUT2D eigenvalue weighted by Gasteiger charge is 2.36. The second-order valence-corrected chi connectivity index (χ2v) is 7.85. The summed E-state index contributed by atoms with van der Waals surface area (Å²) in [4.78, 5) is 2.69. The summed E-state index contributed by atoms with van der Waals surface area (Å²) in [7, 11) is 0. The Kier molecular flexibility index (Phi) is 4.38. The number of nitrogens with zero attached hydrogens (tertiary/aromatic N) is 1. The van der Waals surface area contributed by atoms with Crippen molar-refractivity contribution in [2.45, 2.75) is 59.3 Å². The molecular formula is C16H32N2. The molecule has 0 radical (unpaired) electrons. The molecule has 0 aromatic carbocycles. The van der Waals surface area contributed by atoms with Gasteiger partial charge in [-0.15, -0.1) is 0 Å². The number of hydrogen-bond acceptors (Lipinski definition) is 2. The van der Waals surface area contributed by atoms with E-state index in [0.29, 0.717) is 10.8 Å². The minimum atomic E-state index is 0.430. The fraction of sp³-hybridized carbons (Fsp3) is 1.00. The van der Waals surface area contributed by atoms with Crippen molar-refractivity contribution in [2.75, 3.05) is 26.2 Å². The van der Waals surface area contributed by atoms with Crippen LogP contribution in [0, 0.1) is 16.7 Å². The maximum atomic E-state index is 6.14. The van der Waals surface area contributed by atoms with Gasteiger partial charge in [-0.25, -0.2) is 0 Å². The molecule has 0 bridgehead atoms. The lowest BCUT2D eigenvalue weighted by atomic mass is 9.69. The minimum Gasteiger partial charge on any atom is -0.330 e. The van der Waals surface area contributed by atoms with E-state index in [-0.39, 0.29) is 0 Å². The van der Waals surface area contributed by atoms with Gasteiger partial charge in [0.1, 0.15) is 0 Å². The Hall–Kier alpha value is -0.0800. The third-order valence-corrected chi connectivity index (χ3v) is 5.39. The van der Waals surface area contributed by atoms with Crippen molar-refractivity contribution in [3.8, 4) is 0 Å². The highest BCUT2D eigenvalue weighted by atomic mass is 15.1. The van der Waals surface area contributed by atoms with Gasteiger partial charge >= 0.3 is 0 Å². The third kappa shape index (κ3) is 3.48. The summed E-state index contributed by atoms with van der Waals surface area (Å²) < 4.78 is 0. The summed E-state index contributed by atoms with van der Waals surface area (Å²) in [5.74, 6) is 0.878. The van der Waals surface area contributed by atoms with Crippen molar-refractivity contribution in [3.63, 3.8) is 0 Å². The van der Waals surface area contributed by atoms with Gasteiger partial charge in [-0.3, -0.25) is 0 Å². The molecule has 0 aromatic rings. The van der Waals surface area contributed by atoms with E-state index in [4.69, 9.17) is 5.73 Å². The molecule has 2 unspecified atom stereocenters. The molecule has 1 saturated carbocycles. The predicted molar refractivity (Wildman–Crippen MR) is 78.6 cm³/mol. The maximum Gasteiger partial charge on any atom is 0.00502 e. The van der Waals surface area contributed by atoms with Gasteiger partial charge in [0, 0.05) is 6.54 Å². The molecule has 1 aliphatic carbocycles. The van der Waals surface area contributed by atoms with E-state index in [9.17, 15) is 0 Å². The Morgan fingerprint density at radius 1 is 1.17 bits per heavy atom. The van der Waals surface area contributed by atoms with Crippen molar-refractivity contribution >= 4 is 0 Å². The topological polar surface area (TPSA) is 29.3 Å². The van der Waals surface area contributed by atoms with Crippen LogP contribution in [0.2, 0.25) is 0 Å². The number of likely N-dealkylation sites (tertiary alicyclic amines) is 1. The van der Waals surface area contributed by atoms with Gasteiger partial charge < -0.3 is 10.6 Å². The van der Waals surface area contributed by atoms with Crippen LogP contribution in [-0.2, 0) is 0 Å². The molecule has 2 atom stereocenters. The van der Waals surface area contributed by atoms with Crippen molar-refractivity contribution in [2.24, 2.45) is 22.5 Å². The summed E-state index contributed by atoms with van der Waals surface area (Å²) in [6.45, 7) is 11.9. The van der Waals surface area contributed by atoms with E-state index >= 15 is 0 Å². The maximum absolute atomic E-state index is 6.14. The van der Waals surface area contributed by atoms with Crippen LogP contribution in [0.15, 0.2) is 0 Å². The first-order valence-corrected chi connectivity index (χ1v) is 7.87. The van der Waals surface area contributed by atoms with E-state index < -0.39 is 0 Å². The predicted octanol–water partition coefficient (Wildman–Crippen LogP) is 3.26. The molecule has 2 N–H and O–H groups in total. The quantitative estimate of drug-likeness (QED) is 0.835. The fourth-order valence-corrected chi connectivity index (χ4v) is 3.95. The zero-order valence-electron chi connectivity index (χ0n) is 12.7. The van der Waals surface area contributed by atoms with Gasteiger partial charge in [0.05, 0.1) is 0 Å². The van der Waals surface area contributed by atoms with E-state index in [1.54, 1.807) is 0 Å². The fourth-order valence-electron chi connectivity index (χ4n) is 3.95. The normalized spacial score (nSPS) is 37.7. The lowest BCUT2D eigenvalue weighted by Crippen LogP contribution is -2.48. The molecule has 0 spiro atoms. The summed E-state index contributed by atoms with van der Waals surface area (Å²) in [5, 5.41) is 0. The second kappa shape index (κ2) is 5.50. The summed E-state index contributed by atoms with van der Waals surface area (Å²) in [6.07, 6.45) is 8.20. The largest absolute Gasteiger partial charge is 0.330 e. The molecule has 2 aliphatic rings. The molecule has 106 valence electrons. The SMILES string of the molecule is CC1CCCC(CN)(CN2CCC(C)(C)CC2)C1.